The molecule has 0 radical (unpaired) electrons. The number of carbonyl (C=O) groups is 3. The van der Waals surface area contributed by atoms with Crippen LogP contribution in [0.4, 0.5) is 5.69 Å². The summed E-state index contributed by atoms with van der Waals surface area (Å²) >= 11 is 1.35. The molecular formula is C38H53N5O7S2Si+2. The Morgan fingerprint density at radius 1 is 1.09 bits per heavy atom. The molecule has 6 aliphatic heterocycles. The minimum Gasteiger partial charge on any atom is -0.457 e. The number of anilines is 1. The van der Waals surface area contributed by atoms with E-state index in [0.29, 0.717) is 22.5 Å². The monoisotopic (exact) mass is 783 g/mol. The van der Waals surface area contributed by atoms with Gasteiger partial charge in [0.15, 0.2) is 14.9 Å². The van der Waals surface area contributed by atoms with E-state index in [9.17, 15) is 22.8 Å². The van der Waals surface area contributed by atoms with Crippen LogP contribution in [-0.2, 0) is 40.0 Å². The van der Waals surface area contributed by atoms with Crippen molar-refractivity contribution in [1.82, 2.24) is 4.90 Å². The number of nitrogens with two attached hydrogens (primary N) is 1. The summed E-state index contributed by atoms with van der Waals surface area (Å²) in [7, 11) is -6.19. The van der Waals surface area contributed by atoms with Gasteiger partial charge in [-0.2, -0.15) is 0 Å². The average Bonchev–Trinajstić information content (AvgIpc) is 3.52. The van der Waals surface area contributed by atoms with E-state index >= 15 is 0 Å². The molecule has 4 saturated heterocycles. The number of β-lactam (4-membered cyclic amide) rings is 1. The molecule has 2 aromatic rings. The predicted molar refractivity (Wildman–Crippen MR) is 208 cm³/mol. The summed E-state index contributed by atoms with van der Waals surface area (Å²) in [5.41, 5.74) is 7.33. The van der Waals surface area contributed by atoms with Gasteiger partial charge in [0, 0.05) is 16.7 Å². The molecule has 53 heavy (non-hydrogen) atoms. The topological polar surface area (TPSA) is 136 Å². The van der Waals surface area contributed by atoms with Gasteiger partial charge in [0.1, 0.15) is 56.9 Å². The molecule has 8 rings (SSSR count). The molecule has 2 unspecified atom stereocenters. The normalized spacial score (nSPS) is 27.9. The number of carbonyl (C=O) groups excluding carboxylic acids is 3. The highest BCUT2D eigenvalue weighted by molar-refractivity contribution is 8.04. The number of fused-ring (bicyclic) bond motifs is 4. The number of quaternary nitrogens is 2. The molecule has 2 N–H and O–H groups in total. The Labute approximate surface area is 318 Å². The first kappa shape index (κ1) is 38.1. The maximum atomic E-state index is 14.3. The molecule has 12 nitrogen and oxygen atoms in total. The number of thioether (sulfide) groups is 1. The maximum absolute atomic E-state index is 14.3. The highest BCUT2D eigenvalue weighted by Gasteiger charge is 2.60. The summed E-state index contributed by atoms with van der Waals surface area (Å²) in [6.45, 7) is 23.4. The van der Waals surface area contributed by atoms with E-state index in [-0.39, 0.29) is 46.7 Å². The smallest absolute Gasteiger partial charge is 0.356 e. The first-order chi connectivity index (χ1) is 24.8. The predicted octanol–water partition coefficient (Wildman–Crippen LogP) is 3.92. The Hall–Kier alpha value is -3.21. The number of sulfonamides is 1. The molecule has 2 aromatic carbocycles. The van der Waals surface area contributed by atoms with Crippen LogP contribution >= 0.6 is 11.8 Å². The first-order valence-corrected chi connectivity index (χ1v) is 23.8. The molecule has 6 aliphatic rings. The van der Waals surface area contributed by atoms with Crippen LogP contribution in [0.5, 0.6) is 0 Å². The minimum absolute atomic E-state index is 0.0375. The van der Waals surface area contributed by atoms with Gasteiger partial charge in [-0.25, -0.2) is 13.2 Å². The lowest BCUT2D eigenvalue weighted by atomic mass is 9.92. The fourth-order valence-corrected chi connectivity index (χ4v) is 13.4. The number of esters is 1. The second kappa shape index (κ2) is 13.2. The zero-order chi connectivity index (χ0) is 38.3. The van der Waals surface area contributed by atoms with Crippen molar-refractivity contribution in [3.05, 3.63) is 59.2 Å². The molecule has 4 fully saturated rings. The van der Waals surface area contributed by atoms with Crippen LogP contribution in [0, 0.1) is 5.92 Å². The molecule has 0 spiro atoms. The number of nitrogens with zero attached hydrogens (tertiary/aromatic N) is 4. The van der Waals surface area contributed by atoms with Crippen LogP contribution < -0.4 is 10.0 Å². The van der Waals surface area contributed by atoms with Crippen LogP contribution in [0.25, 0.3) is 10.8 Å². The van der Waals surface area contributed by atoms with Crippen molar-refractivity contribution in [2.24, 2.45) is 11.7 Å². The van der Waals surface area contributed by atoms with E-state index in [1.807, 2.05) is 31.2 Å². The van der Waals surface area contributed by atoms with Crippen LogP contribution in [0.2, 0.25) is 18.1 Å². The van der Waals surface area contributed by atoms with E-state index in [1.54, 1.807) is 6.07 Å². The number of ether oxygens (including phenoxy) is 1. The molecule has 6 heterocycles. The fourth-order valence-electron chi connectivity index (χ4n) is 8.67. The second-order valence-electron chi connectivity index (χ2n) is 17.0. The molecule has 0 aliphatic carbocycles. The summed E-state index contributed by atoms with van der Waals surface area (Å²) in [5, 5.41) is 1.14. The van der Waals surface area contributed by atoms with Gasteiger partial charge >= 0.3 is 5.97 Å². The van der Waals surface area contributed by atoms with Crippen LogP contribution in [0.3, 0.4) is 0 Å². The molecule has 2 bridgehead atoms. The Kier molecular flexibility index (Phi) is 9.50. The standard InChI is InChI=1S/C38H52N5O7S2Si/c1-8-22-49-37(46)34-29(51-36-32(35(45)41(34)36)25(2)50-53(6,7)38(3,4)5)23-40-28-11-9-10-27-26(12-13-30(33(27)28)52(40,47)48)14-15-42-16-19-43(20-17-42,21-18-42)24-31(39)44/h8-13,25,32,36H,1,14-24H2,2-7H3,(H-,39,44)/q+1/p+1/t25-,32?,36?,42?,43?/m0/s1. The molecule has 2 amide bonds. The van der Waals surface area contributed by atoms with Gasteiger partial charge in [-0.3, -0.25) is 18.8 Å². The van der Waals surface area contributed by atoms with Crippen molar-refractivity contribution in [3.8, 4) is 0 Å². The summed E-state index contributed by atoms with van der Waals surface area (Å²) < 4.78 is 43.9. The van der Waals surface area contributed by atoms with Crippen LogP contribution in [0.1, 0.15) is 33.3 Å². The zero-order valence-corrected chi connectivity index (χ0v) is 34.4. The lowest BCUT2D eigenvalue weighted by molar-refractivity contribution is -1.08. The lowest BCUT2D eigenvalue weighted by Crippen LogP contribution is -2.76. The fraction of sp³-hybridized carbons (Fsp3) is 0.553. The Morgan fingerprint density at radius 3 is 2.38 bits per heavy atom. The summed E-state index contributed by atoms with van der Waals surface area (Å²) in [4.78, 5) is 41.3. The quantitative estimate of drug-likeness (QED) is 0.106. The van der Waals surface area contributed by atoms with Crippen molar-refractivity contribution in [3.63, 3.8) is 0 Å². The molecule has 0 aromatic heterocycles. The largest absolute Gasteiger partial charge is 0.457 e. The van der Waals surface area contributed by atoms with E-state index in [1.165, 1.54) is 27.0 Å². The minimum atomic E-state index is -3.98. The zero-order valence-electron chi connectivity index (χ0n) is 31.7. The molecular weight excluding hydrogens is 731 g/mol. The SMILES string of the molecule is C=CCOC(=O)C1=C(CN2c3cccc4c(CC[N+]56CC[N+](CC(N)=O)(CC5)CC6)ccc(c34)S2(=O)=O)SC2C([C@H](C)O[Si](C)(C)C(C)(C)C)C(=O)N12. The molecule has 15 heteroatoms. The summed E-state index contributed by atoms with van der Waals surface area (Å²) in [5.74, 6) is -1.63. The summed E-state index contributed by atoms with van der Waals surface area (Å²) in [6, 6.07) is 9.38. The van der Waals surface area contributed by atoms with E-state index in [0.717, 1.165) is 72.1 Å². The number of primary amides is 1. The number of piperazine rings is 3. The highest BCUT2D eigenvalue weighted by atomic mass is 32.2. The van der Waals surface area contributed by atoms with Gasteiger partial charge in [0.2, 0.25) is 5.91 Å². The van der Waals surface area contributed by atoms with Crippen molar-refractivity contribution in [1.29, 1.82) is 0 Å². The lowest BCUT2D eigenvalue weighted by Gasteiger charge is -2.55. The number of hydrogen-bond donors (Lipinski definition) is 1. The van der Waals surface area contributed by atoms with Crippen molar-refractivity contribution >= 4 is 64.3 Å². The van der Waals surface area contributed by atoms with Gasteiger partial charge in [-0.1, -0.05) is 63.4 Å². The second-order valence-corrected chi connectivity index (χ2v) is 24.8. The van der Waals surface area contributed by atoms with Crippen LogP contribution in [0.15, 0.2) is 58.5 Å². The Balaban J connectivity index is 1.15. The summed E-state index contributed by atoms with van der Waals surface area (Å²) in [6.07, 6.45) is 1.88. The third kappa shape index (κ3) is 6.34. The third-order valence-corrected chi connectivity index (χ3v) is 20.6. The van der Waals surface area contributed by atoms with E-state index < -0.39 is 35.6 Å². The number of rotatable bonds is 13. The number of amides is 2. The van der Waals surface area contributed by atoms with Gasteiger partial charge in [-0.05, 0) is 48.1 Å². The average molecular weight is 784 g/mol. The van der Waals surface area contributed by atoms with Gasteiger partial charge < -0.3 is 23.9 Å². The Morgan fingerprint density at radius 2 is 1.75 bits per heavy atom. The first-order valence-electron chi connectivity index (χ1n) is 18.6. The third-order valence-electron chi connectivity index (χ3n) is 12.9. The number of benzene rings is 2. The molecule has 286 valence electrons. The number of hydrogen-bond acceptors (Lipinski definition) is 8. The van der Waals surface area contributed by atoms with E-state index in [4.69, 9.17) is 14.9 Å². The van der Waals surface area contributed by atoms with E-state index in [2.05, 4.69) is 40.4 Å². The van der Waals surface area contributed by atoms with Crippen LogP contribution in [-0.4, -0.2) is 125 Å². The highest BCUT2D eigenvalue weighted by Crippen LogP contribution is 2.53. The van der Waals surface area contributed by atoms with Gasteiger partial charge in [0.25, 0.3) is 15.9 Å². The molecule has 3 atom stereocenters. The van der Waals surface area contributed by atoms with Crippen molar-refractivity contribution in [2.45, 2.75) is 68.6 Å². The maximum Gasteiger partial charge on any atom is 0.356 e. The molecule has 0 saturated carbocycles. The Bertz CT molecular complexity index is 2020. The van der Waals surface area contributed by atoms with Crippen molar-refractivity contribution in [2.75, 3.05) is 69.8 Å². The van der Waals surface area contributed by atoms with Gasteiger partial charge in [0.05, 0.1) is 35.7 Å². The van der Waals surface area contributed by atoms with Crippen molar-refractivity contribution < 1.29 is 40.9 Å². The van der Waals surface area contributed by atoms with Gasteiger partial charge in [-0.15, -0.1) is 0 Å².